The van der Waals surface area contributed by atoms with E-state index < -0.39 is 18.5 Å². The number of benzene rings is 1. The molecule has 1 aromatic carbocycles. The first-order valence-electron chi connectivity index (χ1n) is 6.82. The Morgan fingerprint density at radius 1 is 1.48 bits per heavy atom. The Kier molecular flexibility index (Phi) is 4.42. The molecule has 0 aliphatic heterocycles. The topological polar surface area (TPSA) is 69.6 Å². The van der Waals surface area contributed by atoms with E-state index in [0.29, 0.717) is 23.2 Å². The Bertz CT molecular complexity index is 560. The number of carbonyl (C=O) groups excluding carboxylic acids is 1. The molecular weight excluding hydrogens is 292 g/mol. The maximum Gasteiger partial charge on any atom is 0.323 e. The third kappa shape index (κ3) is 4.11. The van der Waals surface area contributed by atoms with Crippen molar-refractivity contribution in [3.63, 3.8) is 0 Å². The number of anilines is 1. The first kappa shape index (κ1) is 15.6. The van der Waals surface area contributed by atoms with Gasteiger partial charge in [0.15, 0.2) is 0 Å². The molecule has 1 fully saturated rings. The van der Waals surface area contributed by atoms with Crippen LogP contribution in [0.15, 0.2) is 24.3 Å². The summed E-state index contributed by atoms with van der Waals surface area (Å²) in [6.45, 7) is 4.45. The normalized spacial score (nSPS) is 18.9. The lowest BCUT2D eigenvalue weighted by Gasteiger charge is -2.21. The Balaban J connectivity index is 2.05. The molecule has 1 atom stereocenters. The van der Waals surface area contributed by atoms with E-state index in [0.717, 1.165) is 6.42 Å². The Morgan fingerprint density at radius 3 is 2.67 bits per heavy atom. The number of amides is 2. The highest BCUT2D eigenvalue weighted by atomic mass is 35.5. The number of halogens is 1. The molecule has 2 amide bonds. The molecule has 6 heteroatoms. The van der Waals surface area contributed by atoms with Crippen LogP contribution in [0.4, 0.5) is 10.5 Å². The zero-order chi connectivity index (χ0) is 15.6. The summed E-state index contributed by atoms with van der Waals surface area (Å²) in [5.41, 5.74) is 0.735. The smallest absolute Gasteiger partial charge is 0.323 e. The molecule has 2 N–H and O–H groups in total. The fourth-order valence-corrected chi connectivity index (χ4v) is 2.47. The third-order valence-corrected chi connectivity index (χ3v) is 4.11. The minimum Gasteiger partial charge on any atom is -0.480 e. The number of hydrogen-bond acceptors (Lipinski definition) is 2. The summed E-state index contributed by atoms with van der Waals surface area (Å²) in [6, 6.07) is 6.18. The number of nitrogens with one attached hydrogen (secondary N) is 1. The molecule has 21 heavy (non-hydrogen) atoms. The SMILES string of the molecule is CC1(C)CC1CNC(=O)N(CC(=O)O)c1cccc(Cl)c1. The number of aliphatic carboxylic acids is 1. The summed E-state index contributed by atoms with van der Waals surface area (Å²) in [4.78, 5) is 24.4. The number of rotatable bonds is 5. The molecule has 0 radical (unpaired) electrons. The largest absolute Gasteiger partial charge is 0.480 e. The average Bonchev–Trinajstić information content (AvgIpc) is 3.00. The molecule has 0 spiro atoms. The van der Waals surface area contributed by atoms with Crippen LogP contribution in [0.5, 0.6) is 0 Å². The van der Waals surface area contributed by atoms with Crippen molar-refractivity contribution in [1.29, 1.82) is 0 Å². The van der Waals surface area contributed by atoms with Crippen molar-refractivity contribution in [2.75, 3.05) is 18.0 Å². The molecule has 114 valence electrons. The van der Waals surface area contributed by atoms with Gasteiger partial charge in [0.05, 0.1) is 0 Å². The maximum absolute atomic E-state index is 12.2. The highest BCUT2D eigenvalue weighted by Crippen LogP contribution is 2.50. The van der Waals surface area contributed by atoms with Gasteiger partial charge >= 0.3 is 12.0 Å². The second-order valence-corrected chi connectivity index (χ2v) is 6.47. The molecule has 1 aliphatic rings. The Labute approximate surface area is 128 Å². The van der Waals surface area contributed by atoms with Crippen molar-refractivity contribution in [1.82, 2.24) is 5.32 Å². The van der Waals surface area contributed by atoms with Crippen molar-refractivity contribution < 1.29 is 14.7 Å². The van der Waals surface area contributed by atoms with Crippen LogP contribution >= 0.6 is 11.6 Å². The van der Waals surface area contributed by atoms with Crippen molar-refractivity contribution in [2.24, 2.45) is 11.3 Å². The van der Waals surface area contributed by atoms with Crippen LogP contribution in [0, 0.1) is 11.3 Å². The predicted molar refractivity (Wildman–Crippen MR) is 81.7 cm³/mol. The lowest BCUT2D eigenvalue weighted by atomic mass is 10.1. The number of carboxylic acid groups (broad SMARTS) is 1. The van der Waals surface area contributed by atoms with E-state index in [1.165, 1.54) is 4.90 Å². The van der Waals surface area contributed by atoms with Gasteiger partial charge in [-0.05, 0) is 36.0 Å². The van der Waals surface area contributed by atoms with E-state index >= 15 is 0 Å². The van der Waals surface area contributed by atoms with Crippen molar-refractivity contribution >= 4 is 29.3 Å². The van der Waals surface area contributed by atoms with Gasteiger partial charge in [-0.2, -0.15) is 0 Å². The first-order valence-corrected chi connectivity index (χ1v) is 7.20. The van der Waals surface area contributed by atoms with Gasteiger partial charge in [0.25, 0.3) is 0 Å². The van der Waals surface area contributed by atoms with Gasteiger partial charge in [-0.25, -0.2) is 4.79 Å². The van der Waals surface area contributed by atoms with Crippen LogP contribution in [0.3, 0.4) is 0 Å². The second kappa shape index (κ2) is 5.93. The van der Waals surface area contributed by atoms with E-state index in [9.17, 15) is 9.59 Å². The molecule has 0 bridgehead atoms. The minimum absolute atomic E-state index is 0.265. The van der Waals surface area contributed by atoms with Crippen molar-refractivity contribution in [3.05, 3.63) is 29.3 Å². The van der Waals surface area contributed by atoms with Gasteiger partial charge in [0.2, 0.25) is 0 Å². The molecule has 0 heterocycles. The third-order valence-electron chi connectivity index (χ3n) is 3.88. The lowest BCUT2D eigenvalue weighted by molar-refractivity contribution is -0.135. The highest BCUT2D eigenvalue weighted by Gasteiger charge is 2.45. The van der Waals surface area contributed by atoms with Crippen LogP contribution in [-0.4, -0.2) is 30.2 Å². The van der Waals surface area contributed by atoms with Gasteiger partial charge in [-0.1, -0.05) is 31.5 Å². The van der Waals surface area contributed by atoms with Crippen LogP contribution in [0.25, 0.3) is 0 Å². The van der Waals surface area contributed by atoms with Gasteiger partial charge < -0.3 is 10.4 Å². The molecular formula is C15H19ClN2O3. The average molecular weight is 311 g/mol. The first-order chi connectivity index (χ1) is 9.79. The summed E-state index contributed by atoms with van der Waals surface area (Å²) >= 11 is 5.90. The molecule has 2 rings (SSSR count). The van der Waals surface area contributed by atoms with Crippen molar-refractivity contribution in [3.8, 4) is 0 Å². The highest BCUT2D eigenvalue weighted by molar-refractivity contribution is 6.30. The van der Waals surface area contributed by atoms with E-state index in [4.69, 9.17) is 16.7 Å². The standard InChI is InChI=1S/C15H19ClN2O3/c1-15(2)7-10(15)8-17-14(21)18(9-13(19)20)12-5-3-4-11(16)6-12/h3-6,10H,7-9H2,1-2H3,(H,17,21)(H,19,20). The summed E-state index contributed by atoms with van der Waals surface area (Å²) in [5, 5.41) is 12.2. The van der Waals surface area contributed by atoms with Crippen molar-refractivity contribution in [2.45, 2.75) is 20.3 Å². The van der Waals surface area contributed by atoms with E-state index in [1.807, 2.05) is 0 Å². The van der Waals surface area contributed by atoms with Crippen LogP contribution < -0.4 is 10.2 Å². The zero-order valence-electron chi connectivity index (χ0n) is 12.1. The van der Waals surface area contributed by atoms with Gasteiger partial charge in [0, 0.05) is 17.3 Å². The number of carboxylic acids is 1. The summed E-state index contributed by atoms with van der Waals surface area (Å²) < 4.78 is 0. The molecule has 0 aromatic heterocycles. The fourth-order valence-electron chi connectivity index (χ4n) is 2.29. The Morgan fingerprint density at radius 2 is 2.14 bits per heavy atom. The van der Waals surface area contributed by atoms with Gasteiger partial charge in [-0.15, -0.1) is 0 Å². The molecule has 0 saturated heterocycles. The van der Waals surface area contributed by atoms with Crippen LogP contribution in [0.1, 0.15) is 20.3 Å². The predicted octanol–water partition coefficient (Wildman–Crippen LogP) is 2.99. The second-order valence-electron chi connectivity index (χ2n) is 6.04. The Hall–Kier alpha value is -1.75. The van der Waals surface area contributed by atoms with Gasteiger partial charge in [0.1, 0.15) is 6.54 Å². The lowest BCUT2D eigenvalue weighted by Crippen LogP contribution is -2.43. The summed E-state index contributed by atoms with van der Waals surface area (Å²) in [5.74, 6) is -0.621. The molecule has 1 aliphatic carbocycles. The quantitative estimate of drug-likeness (QED) is 0.878. The summed E-state index contributed by atoms with van der Waals surface area (Å²) in [7, 11) is 0. The number of nitrogens with zero attached hydrogens (tertiary/aromatic N) is 1. The fraction of sp³-hybridized carbons (Fsp3) is 0.467. The van der Waals surface area contributed by atoms with Gasteiger partial charge in [-0.3, -0.25) is 9.69 Å². The molecule has 1 aromatic rings. The molecule has 5 nitrogen and oxygen atoms in total. The summed E-state index contributed by atoms with van der Waals surface area (Å²) in [6.07, 6.45) is 1.07. The van der Waals surface area contributed by atoms with E-state index in [1.54, 1.807) is 24.3 Å². The van der Waals surface area contributed by atoms with E-state index in [-0.39, 0.29) is 5.41 Å². The zero-order valence-corrected chi connectivity index (χ0v) is 12.9. The maximum atomic E-state index is 12.2. The van der Waals surface area contributed by atoms with Crippen LogP contribution in [-0.2, 0) is 4.79 Å². The molecule has 1 saturated carbocycles. The van der Waals surface area contributed by atoms with Crippen LogP contribution in [0.2, 0.25) is 5.02 Å². The monoisotopic (exact) mass is 310 g/mol. The minimum atomic E-state index is -1.07. The van der Waals surface area contributed by atoms with E-state index in [2.05, 4.69) is 19.2 Å². The number of urea groups is 1. The number of hydrogen-bond donors (Lipinski definition) is 2. The molecule has 1 unspecified atom stereocenters. The number of carbonyl (C=O) groups is 2.